The van der Waals surface area contributed by atoms with Crippen molar-refractivity contribution in [1.82, 2.24) is 16.0 Å². The molecule has 1 rings (SSSR count). The van der Waals surface area contributed by atoms with Crippen LogP contribution >= 0.6 is 0 Å². The molecule has 0 aromatic rings. The van der Waals surface area contributed by atoms with Crippen LogP contribution in [-0.4, -0.2) is 51.2 Å². The number of nitrogens with one attached hydrogen (secondary N) is 3. The molecule has 0 radical (unpaired) electrons. The summed E-state index contributed by atoms with van der Waals surface area (Å²) in [5, 5.41) is 8.61. The first-order chi connectivity index (χ1) is 8.72. The summed E-state index contributed by atoms with van der Waals surface area (Å²) in [5.41, 5.74) is 0. The minimum Gasteiger partial charge on any atom is -0.385 e. The highest BCUT2D eigenvalue weighted by atomic mass is 16.5. The van der Waals surface area contributed by atoms with Crippen LogP contribution in [0.15, 0.2) is 0 Å². The quantitative estimate of drug-likeness (QED) is 0.457. The average Bonchev–Trinajstić information content (AvgIpc) is 3.14. The fourth-order valence-corrected chi connectivity index (χ4v) is 1.44. The minimum absolute atomic E-state index is 0.0475. The predicted molar refractivity (Wildman–Crippen MR) is 68.2 cm³/mol. The second kappa shape index (κ2) is 8.88. The van der Waals surface area contributed by atoms with Crippen LogP contribution in [0.5, 0.6) is 0 Å². The Hall–Kier alpha value is -1.14. The van der Waals surface area contributed by atoms with Crippen LogP contribution in [0.25, 0.3) is 0 Å². The number of hydrogen-bond acceptors (Lipinski definition) is 4. The lowest BCUT2D eigenvalue weighted by atomic mass is 10.4. The molecule has 2 amide bonds. The molecule has 6 heteroatoms. The summed E-state index contributed by atoms with van der Waals surface area (Å²) in [6.45, 7) is 2.05. The molecule has 104 valence electrons. The number of hydrogen-bond donors (Lipinski definition) is 3. The van der Waals surface area contributed by atoms with Gasteiger partial charge in [0, 0.05) is 39.3 Å². The van der Waals surface area contributed by atoms with E-state index in [1.807, 2.05) is 0 Å². The van der Waals surface area contributed by atoms with E-state index in [0.717, 1.165) is 19.3 Å². The van der Waals surface area contributed by atoms with Crippen molar-refractivity contribution < 1.29 is 14.3 Å². The van der Waals surface area contributed by atoms with E-state index in [1.54, 1.807) is 7.11 Å². The van der Waals surface area contributed by atoms with Gasteiger partial charge in [0.25, 0.3) is 0 Å². The fraction of sp³-hybridized carbons (Fsp3) is 0.833. The predicted octanol–water partition coefficient (Wildman–Crippen LogP) is -0.603. The van der Waals surface area contributed by atoms with Gasteiger partial charge < -0.3 is 20.7 Å². The molecule has 1 aliphatic carbocycles. The Morgan fingerprint density at radius 3 is 2.67 bits per heavy atom. The monoisotopic (exact) mass is 257 g/mol. The van der Waals surface area contributed by atoms with Crippen LogP contribution in [0.1, 0.15) is 25.7 Å². The Morgan fingerprint density at radius 2 is 2.00 bits per heavy atom. The molecule has 0 aromatic heterocycles. The van der Waals surface area contributed by atoms with Crippen LogP contribution in [0.2, 0.25) is 0 Å². The SMILES string of the molecule is COCCCNC(=O)CNCCC(=O)NC1CC1. The van der Waals surface area contributed by atoms with E-state index in [1.165, 1.54) is 0 Å². The molecule has 1 saturated carbocycles. The van der Waals surface area contributed by atoms with Gasteiger partial charge in [-0.05, 0) is 19.3 Å². The molecule has 3 N–H and O–H groups in total. The third-order valence-electron chi connectivity index (χ3n) is 2.60. The fourth-order valence-electron chi connectivity index (χ4n) is 1.44. The van der Waals surface area contributed by atoms with Gasteiger partial charge in [0.05, 0.1) is 6.54 Å². The largest absolute Gasteiger partial charge is 0.385 e. The first kappa shape index (κ1) is 14.9. The second-order valence-electron chi connectivity index (χ2n) is 4.46. The van der Waals surface area contributed by atoms with Crippen molar-refractivity contribution in [2.24, 2.45) is 0 Å². The zero-order chi connectivity index (χ0) is 13.2. The topological polar surface area (TPSA) is 79.5 Å². The van der Waals surface area contributed by atoms with Crippen molar-refractivity contribution in [3.63, 3.8) is 0 Å². The highest BCUT2D eigenvalue weighted by molar-refractivity contribution is 5.78. The van der Waals surface area contributed by atoms with E-state index in [2.05, 4.69) is 16.0 Å². The molecule has 0 spiro atoms. The van der Waals surface area contributed by atoms with Gasteiger partial charge in [-0.3, -0.25) is 9.59 Å². The molecule has 1 fully saturated rings. The van der Waals surface area contributed by atoms with Gasteiger partial charge in [-0.2, -0.15) is 0 Å². The molecular weight excluding hydrogens is 234 g/mol. The molecule has 0 aromatic carbocycles. The molecule has 0 heterocycles. The number of rotatable bonds is 10. The molecule has 0 aliphatic heterocycles. The highest BCUT2D eigenvalue weighted by Crippen LogP contribution is 2.18. The average molecular weight is 257 g/mol. The Labute approximate surface area is 108 Å². The first-order valence-electron chi connectivity index (χ1n) is 6.48. The van der Waals surface area contributed by atoms with E-state index >= 15 is 0 Å². The third-order valence-corrected chi connectivity index (χ3v) is 2.60. The van der Waals surface area contributed by atoms with Gasteiger partial charge >= 0.3 is 0 Å². The molecule has 0 bridgehead atoms. The number of carbonyl (C=O) groups excluding carboxylic acids is 2. The lowest BCUT2D eigenvalue weighted by Gasteiger charge is -2.06. The lowest BCUT2D eigenvalue weighted by Crippen LogP contribution is -2.36. The zero-order valence-corrected chi connectivity index (χ0v) is 11.0. The molecule has 0 atom stereocenters. The van der Waals surface area contributed by atoms with Crippen LogP contribution < -0.4 is 16.0 Å². The Balaban J connectivity index is 1.86. The maximum absolute atomic E-state index is 11.3. The Kier molecular flexibility index (Phi) is 7.36. The van der Waals surface area contributed by atoms with E-state index in [-0.39, 0.29) is 18.4 Å². The normalized spacial score (nSPS) is 14.3. The number of amides is 2. The lowest BCUT2D eigenvalue weighted by molar-refractivity contribution is -0.122. The first-order valence-corrected chi connectivity index (χ1v) is 6.48. The number of ether oxygens (including phenoxy) is 1. The number of carbonyl (C=O) groups is 2. The van der Waals surface area contributed by atoms with Crippen molar-refractivity contribution in [3.8, 4) is 0 Å². The molecule has 18 heavy (non-hydrogen) atoms. The van der Waals surface area contributed by atoms with Gasteiger partial charge in [-0.15, -0.1) is 0 Å². The van der Waals surface area contributed by atoms with E-state index < -0.39 is 0 Å². The molecule has 0 saturated heterocycles. The highest BCUT2D eigenvalue weighted by Gasteiger charge is 2.22. The van der Waals surface area contributed by atoms with E-state index in [0.29, 0.717) is 32.2 Å². The number of methoxy groups -OCH3 is 1. The summed E-state index contributed by atoms with van der Waals surface area (Å²) in [6, 6.07) is 0.404. The van der Waals surface area contributed by atoms with Crippen LogP contribution in [-0.2, 0) is 14.3 Å². The Bertz CT molecular complexity index is 267. The molecule has 6 nitrogen and oxygen atoms in total. The van der Waals surface area contributed by atoms with Gasteiger partial charge in [-0.25, -0.2) is 0 Å². The van der Waals surface area contributed by atoms with E-state index in [4.69, 9.17) is 4.74 Å². The van der Waals surface area contributed by atoms with Gasteiger partial charge in [0.2, 0.25) is 11.8 Å². The summed E-state index contributed by atoms with van der Waals surface area (Å²) < 4.78 is 4.87. The summed E-state index contributed by atoms with van der Waals surface area (Å²) in [4.78, 5) is 22.6. The summed E-state index contributed by atoms with van der Waals surface area (Å²) >= 11 is 0. The van der Waals surface area contributed by atoms with Crippen molar-refractivity contribution in [2.45, 2.75) is 31.7 Å². The van der Waals surface area contributed by atoms with Crippen molar-refractivity contribution in [2.75, 3.05) is 33.4 Å². The molecule has 1 aliphatic rings. The maximum atomic E-state index is 11.3. The molecule has 0 unspecified atom stereocenters. The standard InChI is InChI=1S/C12H23N3O3/c1-18-8-2-6-14-12(17)9-13-7-5-11(16)15-10-3-4-10/h10,13H,2-9H2,1H3,(H,14,17)(H,15,16). The van der Waals surface area contributed by atoms with Crippen molar-refractivity contribution >= 4 is 11.8 Å². The molecular formula is C12H23N3O3. The minimum atomic E-state index is -0.0475. The third kappa shape index (κ3) is 8.03. The summed E-state index contributed by atoms with van der Waals surface area (Å²) in [5.74, 6) is 0.0132. The smallest absolute Gasteiger partial charge is 0.233 e. The maximum Gasteiger partial charge on any atom is 0.233 e. The van der Waals surface area contributed by atoms with Gasteiger partial charge in [0.15, 0.2) is 0 Å². The zero-order valence-electron chi connectivity index (χ0n) is 11.0. The van der Waals surface area contributed by atoms with Crippen molar-refractivity contribution in [1.29, 1.82) is 0 Å². The summed E-state index contributed by atoms with van der Waals surface area (Å²) in [6.07, 6.45) is 3.44. The van der Waals surface area contributed by atoms with Crippen LogP contribution in [0.4, 0.5) is 0 Å². The summed E-state index contributed by atoms with van der Waals surface area (Å²) in [7, 11) is 1.63. The van der Waals surface area contributed by atoms with E-state index in [9.17, 15) is 9.59 Å². The van der Waals surface area contributed by atoms with Crippen LogP contribution in [0.3, 0.4) is 0 Å². The van der Waals surface area contributed by atoms with Gasteiger partial charge in [0.1, 0.15) is 0 Å². The van der Waals surface area contributed by atoms with Crippen LogP contribution in [0, 0.1) is 0 Å². The van der Waals surface area contributed by atoms with Gasteiger partial charge in [-0.1, -0.05) is 0 Å². The Morgan fingerprint density at radius 1 is 1.22 bits per heavy atom. The second-order valence-corrected chi connectivity index (χ2v) is 4.46. The van der Waals surface area contributed by atoms with Crippen molar-refractivity contribution in [3.05, 3.63) is 0 Å².